The van der Waals surface area contributed by atoms with Crippen LogP contribution in [0.3, 0.4) is 0 Å². The summed E-state index contributed by atoms with van der Waals surface area (Å²) in [7, 11) is 1.73. The molecule has 0 unspecified atom stereocenters. The lowest BCUT2D eigenvalue weighted by Gasteiger charge is -2.23. The summed E-state index contributed by atoms with van der Waals surface area (Å²) in [6.45, 7) is 5.78. The average molecular weight is 194 g/mol. The van der Waals surface area contributed by atoms with E-state index < -0.39 is 0 Å². The number of methoxy groups -OCH3 is 1. The molecule has 3 nitrogen and oxygen atoms in total. The van der Waals surface area contributed by atoms with Crippen molar-refractivity contribution in [2.24, 2.45) is 0 Å². The average Bonchev–Trinajstić information content (AvgIpc) is 2.19. The van der Waals surface area contributed by atoms with Gasteiger partial charge in [-0.3, -0.25) is 4.98 Å². The van der Waals surface area contributed by atoms with Crippen molar-refractivity contribution in [2.45, 2.75) is 26.0 Å². The largest absolute Gasteiger partial charge is 0.377 e. The molecule has 0 aromatic carbocycles. The van der Waals surface area contributed by atoms with Gasteiger partial charge in [-0.05, 0) is 25.5 Å². The van der Waals surface area contributed by atoms with Crippen molar-refractivity contribution in [1.82, 2.24) is 10.3 Å². The Labute approximate surface area is 85.5 Å². The molecule has 14 heavy (non-hydrogen) atoms. The zero-order chi connectivity index (χ0) is 10.4. The standard InChI is InChI=1S/C11H18N2O/c1-11(2,14-3)9-13-8-10-5-4-6-12-7-10/h4-7,13H,8-9H2,1-3H3. The first-order valence-corrected chi connectivity index (χ1v) is 4.79. The lowest BCUT2D eigenvalue weighted by Crippen LogP contribution is -2.36. The smallest absolute Gasteiger partial charge is 0.0746 e. The summed E-state index contributed by atoms with van der Waals surface area (Å²) in [5, 5.41) is 3.33. The van der Waals surface area contributed by atoms with E-state index >= 15 is 0 Å². The van der Waals surface area contributed by atoms with Crippen LogP contribution >= 0.6 is 0 Å². The van der Waals surface area contributed by atoms with Crippen molar-refractivity contribution in [2.75, 3.05) is 13.7 Å². The lowest BCUT2D eigenvalue weighted by molar-refractivity contribution is 0.0230. The van der Waals surface area contributed by atoms with E-state index in [0.717, 1.165) is 13.1 Å². The molecule has 3 heteroatoms. The minimum absolute atomic E-state index is 0.109. The summed E-state index contributed by atoms with van der Waals surface area (Å²) in [6, 6.07) is 4.00. The molecule has 78 valence electrons. The molecule has 0 atom stereocenters. The topological polar surface area (TPSA) is 34.1 Å². The van der Waals surface area contributed by atoms with Gasteiger partial charge in [0, 0.05) is 32.6 Å². The fraction of sp³-hybridized carbons (Fsp3) is 0.545. The molecule has 1 rings (SSSR count). The van der Waals surface area contributed by atoms with E-state index in [1.807, 2.05) is 12.3 Å². The molecule has 1 aromatic rings. The Morgan fingerprint density at radius 3 is 2.86 bits per heavy atom. The van der Waals surface area contributed by atoms with E-state index in [4.69, 9.17) is 4.74 Å². The van der Waals surface area contributed by atoms with Crippen LogP contribution in [0.4, 0.5) is 0 Å². The molecule has 0 saturated carbocycles. The summed E-state index contributed by atoms with van der Waals surface area (Å²) in [5.74, 6) is 0. The van der Waals surface area contributed by atoms with Crippen molar-refractivity contribution in [3.63, 3.8) is 0 Å². The van der Waals surface area contributed by atoms with Crippen molar-refractivity contribution in [3.8, 4) is 0 Å². The molecule has 0 amide bonds. The Morgan fingerprint density at radius 1 is 1.50 bits per heavy atom. The summed E-state index contributed by atoms with van der Waals surface area (Å²) < 4.78 is 5.30. The number of pyridine rings is 1. The highest BCUT2D eigenvalue weighted by molar-refractivity contribution is 5.07. The number of hydrogen-bond acceptors (Lipinski definition) is 3. The quantitative estimate of drug-likeness (QED) is 0.773. The van der Waals surface area contributed by atoms with Crippen LogP contribution in [0.1, 0.15) is 19.4 Å². The Hall–Kier alpha value is -0.930. The highest BCUT2D eigenvalue weighted by atomic mass is 16.5. The SMILES string of the molecule is COC(C)(C)CNCc1cccnc1. The lowest BCUT2D eigenvalue weighted by atomic mass is 10.1. The Balaban J connectivity index is 2.29. The minimum atomic E-state index is -0.109. The first-order valence-electron chi connectivity index (χ1n) is 4.79. The zero-order valence-corrected chi connectivity index (χ0v) is 9.08. The van der Waals surface area contributed by atoms with Gasteiger partial charge >= 0.3 is 0 Å². The maximum atomic E-state index is 5.30. The zero-order valence-electron chi connectivity index (χ0n) is 9.08. The van der Waals surface area contributed by atoms with Gasteiger partial charge in [-0.25, -0.2) is 0 Å². The second-order valence-corrected chi connectivity index (χ2v) is 3.93. The fourth-order valence-electron chi connectivity index (χ4n) is 1.08. The number of nitrogens with zero attached hydrogens (tertiary/aromatic N) is 1. The van der Waals surface area contributed by atoms with E-state index in [0.29, 0.717) is 0 Å². The van der Waals surface area contributed by atoms with Gasteiger partial charge in [-0.2, -0.15) is 0 Å². The van der Waals surface area contributed by atoms with Crippen LogP contribution in [0, 0.1) is 0 Å². The van der Waals surface area contributed by atoms with Gasteiger partial charge in [0.2, 0.25) is 0 Å². The van der Waals surface area contributed by atoms with E-state index in [1.54, 1.807) is 13.3 Å². The number of ether oxygens (including phenoxy) is 1. The molecular weight excluding hydrogens is 176 g/mol. The Bertz CT molecular complexity index is 259. The highest BCUT2D eigenvalue weighted by Gasteiger charge is 2.14. The predicted octanol–water partition coefficient (Wildman–Crippen LogP) is 1.60. The van der Waals surface area contributed by atoms with Crippen LogP contribution in [0.25, 0.3) is 0 Å². The number of aromatic nitrogens is 1. The van der Waals surface area contributed by atoms with Crippen LogP contribution in [-0.2, 0) is 11.3 Å². The maximum absolute atomic E-state index is 5.30. The van der Waals surface area contributed by atoms with Crippen LogP contribution in [0.15, 0.2) is 24.5 Å². The van der Waals surface area contributed by atoms with E-state index in [-0.39, 0.29) is 5.60 Å². The third-order valence-corrected chi connectivity index (χ3v) is 2.16. The van der Waals surface area contributed by atoms with Crippen LogP contribution in [-0.4, -0.2) is 24.2 Å². The third kappa shape index (κ3) is 3.85. The molecule has 0 bridgehead atoms. The Morgan fingerprint density at radius 2 is 2.29 bits per heavy atom. The van der Waals surface area contributed by atoms with Crippen molar-refractivity contribution in [1.29, 1.82) is 0 Å². The predicted molar refractivity (Wildman–Crippen MR) is 57.0 cm³/mol. The van der Waals surface area contributed by atoms with Gasteiger partial charge in [0.25, 0.3) is 0 Å². The van der Waals surface area contributed by atoms with Gasteiger partial charge in [0.15, 0.2) is 0 Å². The molecule has 1 aromatic heterocycles. The number of nitrogens with one attached hydrogen (secondary N) is 1. The summed E-state index contributed by atoms with van der Waals surface area (Å²) >= 11 is 0. The molecule has 1 N–H and O–H groups in total. The van der Waals surface area contributed by atoms with Crippen molar-refractivity contribution < 1.29 is 4.74 Å². The van der Waals surface area contributed by atoms with E-state index in [2.05, 4.69) is 30.2 Å². The second-order valence-electron chi connectivity index (χ2n) is 3.93. The molecule has 0 saturated heterocycles. The van der Waals surface area contributed by atoms with Crippen LogP contribution in [0.2, 0.25) is 0 Å². The van der Waals surface area contributed by atoms with Crippen LogP contribution in [0.5, 0.6) is 0 Å². The Kier molecular flexibility index (Phi) is 4.04. The van der Waals surface area contributed by atoms with Gasteiger partial charge in [-0.15, -0.1) is 0 Å². The molecule has 0 aliphatic rings. The van der Waals surface area contributed by atoms with Gasteiger partial charge in [0.1, 0.15) is 0 Å². The molecule has 0 radical (unpaired) electrons. The second kappa shape index (κ2) is 5.08. The fourth-order valence-corrected chi connectivity index (χ4v) is 1.08. The van der Waals surface area contributed by atoms with Crippen molar-refractivity contribution >= 4 is 0 Å². The number of hydrogen-bond donors (Lipinski definition) is 1. The molecule has 1 heterocycles. The first-order chi connectivity index (χ1) is 6.64. The first kappa shape index (κ1) is 11.1. The molecule has 0 fully saturated rings. The maximum Gasteiger partial charge on any atom is 0.0746 e. The summed E-state index contributed by atoms with van der Waals surface area (Å²) in [5.41, 5.74) is 1.08. The number of rotatable bonds is 5. The third-order valence-electron chi connectivity index (χ3n) is 2.16. The molecule has 0 aliphatic carbocycles. The van der Waals surface area contributed by atoms with Gasteiger partial charge in [0.05, 0.1) is 5.60 Å². The van der Waals surface area contributed by atoms with Crippen LogP contribution < -0.4 is 5.32 Å². The summed E-state index contributed by atoms with van der Waals surface area (Å²) in [6.07, 6.45) is 3.65. The summed E-state index contributed by atoms with van der Waals surface area (Å²) in [4.78, 5) is 4.05. The molecule has 0 aliphatic heterocycles. The monoisotopic (exact) mass is 194 g/mol. The van der Waals surface area contributed by atoms with Gasteiger partial charge in [-0.1, -0.05) is 6.07 Å². The van der Waals surface area contributed by atoms with E-state index in [9.17, 15) is 0 Å². The molecular formula is C11H18N2O. The highest BCUT2D eigenvalue weighted by Crippen LogP contribution is 2.05. The van der Waals surface area contributed by atoms with Gasteiger partial charge < -0.3 is 10.1 Å². The normalized spacial score (nSPS) is 11.6. The minimum Gasteiger partial charge on any atom is -0.377 e. The van der Waals surface area contributed by atoms with E-state index in [1.165, 1.54) is 5.56 Å². The molecule has 0 spiro atoms. The van der Waals surface area contributed by atoms with Crippen molar-refractivity contribution in [3.05, 3.63) is 30.1 Å².